The summed E-state index contributed by atoms with van der Waals surface area (Å²) in [6.45, 7) is 0. The van der Waals surface area contributed by atoms with Crippen LogP contribution in [0.5, 0.6) is 0 Å². The molecule has 0 spiro atoms. The molecule has 0 aliphatic carbocycles. The minimum Gasteiger partial charge on any atom is -0.307 e. The molecule has 0 amide bonds. The van der Waals surface area contributed by atoms with Crippen LogP contribution in [0.1, 0.15) is 0 Å². The first-order chi connectivity index (χ1) is 10.7. The number of hydrogen-bond donors (Lipinski definition) is 1. The van der Waals surface area contributed by atoms with Gasteiger partial charge < -0.3 is 5.32 Å². The van der Waals surface area contributed by atoms with E-state index in [-0.39, 0.29) is 0 Å². The van der Waals surface area contributed by atoms with Gasteiger partial charge in [-0.3, -0.25) is 0 Å². The number of halogens is 1. The summed E-state index contributed by atoms with van der Waals surface area (Å²) < 4.78 is 2.25. The maximum atomic E-state index is 6.02. The summed E-state index contributed by atoms with van der Waals surface area (Å²) in [5, 5.41) is 5.74. The monoisotopic (exact) mass is 363 g/mol. The highest BCUT2D eigenvalue weighted by Crippen LogP contribution is 2.35. The van der Waals surface area contributed by atoms with Gasteiger partial charge in [-0.2, -0.15) is 0 Å². The van der Waals surface area contributed by atoms with Crippen molar-refractivity contribution in [3.63, 3.8) is 0 Å². The van der Waals surface area contributed by atoms with Crippen molar-refractivity contribution >= 4 is 76.7 Å². The number of para-hydroxylation sites is 1. The molecule has 22 heavy (non-hydrogen) atoms. The lowest BCUT2D eigenvalue weighted by Crippen LogP contribution is -1.87. The first-order valence-corrected chi connectivity index (χ1v) is 9.73. The van der Waals surface area contributed by atoms with E-state index >= 15 is 0 Å². The second kappa shape index (κ2) is 5.70. The van der Waals surface area contributed by atoms with Gasteiger partial charge in [0, 0.05) is 9.92 Å². The van der Waals surface area contributed by atoms with E-state index in [1.165, 1.54) is 9.60 Å². The van der Waals surface area contributed by atoms with Gasteiger partial charge in [-0.1, -0.05) is 40.3 Å². The van der Waals surface area contributed by atoms with Gasteiger partial charge in [-0.25, -0.2) is 9.97 Å². The molecule has 0 saturated carbocycles. The number of nitrogens with zero attached hydrogens (tertiary/aromatic N) is 2. The summed E-state index contributed by atoms with van der Waals surface area (Å²) in [4.78, 5) is 10.5. The number of rotatable bonds is 3. The normalized spacial score (nSPS) is 11.4. The number of thiazole rings is 2. The van der Waals surface area contributed by atoms with Crippen LogP contribution in [0, 0.1) is 0 Å². The Morgan fingerprint density at radius 3 is 2.73 bits per heavy atom. The summed E-state index contributed by atoms with van der Waals surface area (Å²) in [6, 6.07) is 12.0. The standard InChI is InChI=1S/C15H10ClN3S3/c1-20-10-3-2-4-11-13(10)18-15(21-11)19-14-17-9-6-5-8(16)7-12(9)22-14/h2-7H,1H3,(H,17,18,19). The summed E-state index contributed by atoms with van der Waals surface area (Å²) >= 11 is 11.0. The fourth-order valence-electron chi connectivity index (χ4n) is 2.18. The van der Waals surface area contributed by atoms with Crippen LogP contribution < -0.4 is 5.32 Å². The molecule has 0 aliphatic rings. The Kier molecular flexibility index (Phi) is 3.69. The Morgan fingerprint density at radius 2 is 1.86 bits per heavy atom. The first-order valence-electron chi connectivity index (χ1n) is 6.49. The van der Waals surface area contributed by atoms with Crippen LogP contribution in [-0.4, -0.2) is 16.2 Å². The molecule has 0 saturated heterocycles. The van der Waals surface area contributed by atoms with Gasteiger partial charge in [-0.15, -0.1) is 11.8 Å². The van der Waals surface area contributed by atoms with Crippen LogP contribution in [0.25, 0.3) is 20.4 Å². The molecule has 0 unspecified atom stereocenters. The quantitative estimate of drug-likeness (QED) is 0.451. The summed E-state index contributed by atoms with van der Waals surface area (Å²) in [6.07, 6.45) is 2.07. The predicted molar refractivity (Wildman–Crippen MR) is 99.3 cm³/mol. The molecule has 110 valence electrons. The fourth-order valence-corrected chi connectivity index (χ4v) is 4.91. The second-order valence-corrected chi connectivity index (χ2v) is 7.93. The smallest absolute Gasteiger partial charge is 0.190 e. The van der Waals surface area contributed by atoms with E-state index in [4.69, 9.17) is 16.6 Å². The van der Waals surface area contributed by atoms with Gasteiger partial charge in [-0.05, 0) is 36.6 Å². The highest BCUT2D eigenvalue weighted by molar-refractivity contribution is 7.98. The molecule has 0 radical (unpaired) electrons. The van der Waals surface area contributed by atoms with Gasteiger partial charge in [0.25, 0.3) is 0 Å². The van der Waals surface area contributed by atoms with Crippen LogP contribution in [-0.2, 0) is 0 Å². The van der Waals surface area contributed by atoms with Crippen molar-refractivity contribution in [2.75, 3.05) is 11.6 Å². The van der Waals surface area contributed by atoms with Crippen LogP contribution in [0.3, 0.4) is 0 Å². The van der Waals surface area contributed by atoms with Gasteiger partial charge in [0.05, 0.1) is 20.4 Å². The maximum absolute atomic E-state index is 6.02. The third-order valence-electron chi connectivity index (χ3n) is 3.17. The Balaban J connectivity index is 1.72. The zero-order valence-corrected chi connectivity index (χ0v) is 14.7. The van der Waals surface area contributed by atoms with Crippen LogP contribution in [0.4, 0.5) is 10.3 Å². The van der Waals surface area contributed by atoms with Crippen LogP contribution in [0.15, 0.2) is 41.3 Å². The van der Waals surface area contributed by atoms with Crippen LogP contribution in [0.2, 0.25) is 5.02 Å². The lowest BCUT2D eigenvalue weighted by Gasteiger charge is -1.95. The number of thioether (sulfide) groups is 1. The van der Waals surface area contributed by atoms with E-state index in [1.54, 1.807) is 34.4 Å². The van der Waals surface area contributed by atoms with E-state index in [9.17, 15) is 0 Å². The van der Waals surface area contributed by atoms with E-state index in [2.05, 4.69) is 34.8 Å². The van der Waals surface area contributed by atoms with Gasteiger partial charge in [0.1, 0.15) is 0 Å². The topological polar surface area (TPSA) is 37.8 Å². The van der Waals surface area contributed by atoms with E-state index in [0.717, 1.165) is 31.0 Å². The van der Waals surface area contributed by atoms with Gasteiger partial charge in [0.2, 0.25) is 0 Å². The summed E-state index contributed by atoms with van der Waals surface area (Å²) in [5.74, 6) is 0. The Morgan fingerprint density at radius 1 is 1.05 bits per heavy atom. The average molecular weight is 364 g/mol. The number of hydrogen-bond acceptors (Lipinski definition) is 6. The number of fused-ring (bicyclic) bond motifs is 2. The summed E-state index contributed by atoms with van der Waals surface area (Å²) in [5.41, 5.74) is 1.99. The van der Waals surface area contributed by atoms with Crippen molar-refractivity contribution in [2.45, 2.75) is 4.90 Å². The summed E-state index contributed by atoms with van der Waals surface area (Å²) in [7, 11) is 0. The molecule has 3 nitrogen and oxygen atoms in total. The molecule has 0 atom stereocenters. The number of aromatic nitrogens is 2. The highest BCUT2D eigenvalue weighted by atomic mass is 35.5. The second-order valence-electron chi connectivity index (χ2n) is 4.58. The van der Waals surface area contributed by atoms with Crippen molar-refractivity contribution in [3.05, 3.63) is 41.4 Å². The van der Waals surface area contributed by atoms with E-state index in [1.807, 2.05) is 18.2 Å². The molecule has 1 N–H and O–H groups in total. The van der Waals surface area contributed by atoms with Crippen molar-refractivity contribution in [3.8, 4) is 0 Å². The van der Waals surface area contributed by atoms with Crippen LogP contribution >= 0.6 is 46.0 Å². The third-order valence-corrected chi connectivity index (χ3v) is 6.04. The van der Waals surface area contributed by atoms with Gasteiger partial charge >= 0.3 is 0 Å². The molecule has 0 bridgehead atoms. The molecular weight excluding hydrogens is 354 g/mol. The Bertz CT molecular complexity index is 977. The molecule has 0 fully saturated rings. The number of nitrogens with one attached hydrogen (secondary N) is 1. The SMILES string of the molecule is CSc1cccc2sc(Nc3nc4ccc(Cl)cc4s3)nc12. The fraction of sp³-hybridized carbons (Fsp3) is 0.0667. The average Bonchev–Trinajstić information content (AvgIpc) is 3.09. The molecule has 2 aromatic heterocycles. The minimum absolute atomic E-state index is 0.729. The van der Waals surface area contributed by atoms with E-state index < -0.39 is 0 Å². The highest BCUT2D eigenvalue weighted by Gasteiger charge is 2.10. The minimum atomic E-state index is 0.729. The number of anilines is 2. The van der Waals surface area contributed by atoms with Crippen molar-refractivity contribution in [1.29, 1.82) is 0 Å². The Hall–Kier alpha value is -1.34. The molecule has 4 rings (SSSR count). The maximum Gasteiger partial charge on any atom is 0.190 e. The predicted octanol–water partition coefficient (Wildman–Crippen LogP) is 6.02. The molecule has 2 heterocycles. The largest absolute Gasteiger partial charge is 0.307 e. The first kappa shape index (κ1) is 14.3. The molecular formula is C15H10ClN3S3. The van der Waals surface area contributed by atoms with Crippen molar-refractivity contribution < 1.29 is 0 Å². The van der Waals surface area contributed by atoms with Crippen molar-refractivity contribution in [1.82, 2.24) is 9.97 Å². The van der Waals surface area contributed by atoms with Crippen molar-refractivity contribution in [2.24, 2.45) is 0 Å². The van der Waals surface area contributed by atoms with E-state index in [0.29, 0.717) is 0 Å². The third kappa shape index (κ3) is 2.56. The number of benzene rings is 2. The zero-order chi connectivity index (χ0) is 15.1. The lowest BCUT2D eigenvalue weighted by molar-refractivity contribution is 1.37. The molecule has 0 aliphatic heterocycles. The molecule has 7 heteroatoms. The molecule has 2 aromatic carbocycles. The molecule has 4 aromatic rings. The Labute approximate surface area is 144 Å². The van der Waals surface area contributed by atoms with Gasteiger partial charge in [0.15, 0.2) is 10.3 Å². The lowest BCUT2D eigenvalue weighted by atomic mass is 10.3. The zero-order valence-electron chi connectivity index (χ0n) is 11.5.